The molecular weight excluding hydrogens is 272 g/mol. The maximum Gasteiger partial charge on any atom is 0.328 e. The Bertz CT molecular complexity index is 672. The smallest absolute Gasteiger partial charge is 0.328 e. The third-order valence-electron chi connectivity index (χ3n) is 2.68. The van der Waals surface area contributed by atoms with E-state index in [9.17, 15) is 9.59 Å². The van der Waals surface area contributed by atoms with Gasteiger partial charge in [0, 0.05) is 12.4 Å². The number of esters is 1. The zero-order valence-electron chi connectivity index (χ0n) is 12.5. The Balaban J connectivity index is 2.09. The zero-order chi connectivity index (χ0) is 15.6. The van der Waals surface area contributed by atoms with Crippen LogP contribution in [0.2, 0.25) is 0 Å². The van der Waals surface area contributed by atoms with E-state index in [-0.39, 0.29) is 0 Å². The number of hydrogen-bond acceptors (Lipinski definition) is 5. The molecule has 7 heteroatoms. The van der Waals surface area contributed by atoms with Gasteiger partial charge in [0.2, 0.25) is 0 Å². The molecule has 0 aliphatic carbocycles. The van der Waals surface area contributed by atoms with Gasteiger partial charge in [-0.1, -0.05) is 0 Å². The molecule has 1 N–H and O–H groups in total. The molecule has 7 nitrogen and oxygen atoms in total. The van der Waals surface area contributed by atoms with E-state index in [0.29, 0.717) is 11.1 Å². The van der Waals surface area contributed by atoms with Crippen LogP contribution in [0, 0.1) is 0 Å². The fourth-order valence-corrected chi connectivity index (χ4v) is 1.73. The van der Waals surface area contributed by atoms with Gasteiger partial charge in [-0.15, -0.1) is 0 Å². The summed E-state index contributed by atoms with van der Waals surface area (Å²) in [6.45, 7) is 6.90. The maximum absolute atomic E-state index is 12.2. The first-order valence-corrected chi connectivity index (χ1v) is 6.59. The number of carbonyl (C=O) groups excluding carboxylic acids is 2. The lowest BCUT2D eigenvalue weighted by atomic mass is 10.2. The second-order valence-electron chi connectivity index (χ2n) is 5.69. The molecule has 0 saturated heterocycles. The highest BCUT2D eigenvalue weighted by molar-refractivity contribution is 6.02. The summed E-state index contributed by atoms with van der Waals surface area (Å²) in [6.07, 6.45) is 6.20. The van der Waals surface area contributed by atoms with Crippen molar-refractivity contribution >= 4 is 17.4 Å². The molecule has 1 amide bonds. The van der Waals surface area contributed by atoms with Gasteiger partial charge in [-0.2, -0.15) is 5.10 Å². The molecule has 21 heavy (non-hydrogen) atoms. The van der Waals surface area contributed by atoms with Gasteiger partial charge in [-0.25, -0.2) is 9.31 Å². The van der Waals surface area contributed by atoms with Crippen LogP contribution in [0.1, 0.15) is 38.1 Å². The largest absolute Gasteiger partial charge is 0.458 e. The molecule has 0 saturated carbocycles. The van der Waals surface area contributed by atoms with Gasteiger partial charge in [0.1, 0.15) is 11.6 Å². The summed E-state index contributed by atoms with van der Waals surface area (Å²) in [5.74, 6) is -0.873. The van der Waals surface area contributed by atoms with Crippen LogP contribution in [0.3, 0.4) is 0 Å². The van der Waals surface area contributed by atoms with Crippen molar-refractivity contribution in [3.8, 4) is 0 Å². The number of nitrogens with zero attached hydrogens (tertiary/aromatic N) is 3. The predicted octanol–water partition coefficient (Wildman–Crippen LogP) is 1.19. The fourth-order valence-electron chi connectivity index (χ4n) is 1.73. The van der Waals surface area contributed by atoms with Crippen LogP contribution in [-0.4, -0.2) is 38.1 Å². The lowest BCUT2D eigenvalue weighted by Crippen LogP contribution is -2.42. The third kappa shape index (κ3) is 3.56. The van der Waals surface area contributed by atoms with E-state index in [0.717, 1.165) is 0 Å². The number of amides is 1. The zero-order valence-corrected chi connectivity index (χ0v) is 12.5. The number of carbonyl (C=O) groups is 2. The minimum absolute atomic E-state index is 0.360. The second-order valence-corrected chi connectivity index (χ2v) is 5.69. The van der Waals surface area contributed by atoms with Gasteiger partial charge in [0.15, 0.2) is 0 Å². The minimum atomic E-state index is -0.747. The first kappa shape index (κ1) is 15.0. The molecule has 0 radical (unpaired) electrons. The van der Waals surface area contributed by atoms with Crippen LogP contribution in [0.15, 0.2) is 24.8 Å². The highest BCUT2D eigenvalue weighted by Gasteiger charge is 2.24. The Morgan fingerprint density at radius 1 is 1.33 bits per heavy atom. The predicted molar refractivity (Wildman–Crippen MR) is 75.8 cm³/mol. The number of fused-ring (bicyclic) bond motifs is 1. The van der Waals surface area contributed by atoms with Gasteiger partial charge in [-0.05, 0) is 27.7 Å². The summed E-state index contributed by atoms with van der Waals surface area (Å²) in [5, 5.41) is 6.65. The first-order valence-electron chi connectivity index (χ1n) is 6.59. The highest BCUT2D eigenvalue weighted by Crippen LogP contribution is 2.11. The number of nitrogens with one attached hydrogen (secondary N) is 1. The fraction of sp³-hybridized carbons (Fsp3) is 0.429. The Hall–Kier alpha value is -2.44. The Morgan fingerprint density at radius 2 is 2.05 bits per heavy atom. The maximum atomic E-state index is 12.2. The summed E-state index contributed by atoms with van der Waals surface area (Å²) < 4.78 is 6.76. The van der Waals surface area contributed by atoms with Crippen molar-refractivity contribution in [2.45, 2.75) is 39.3 Å². The monoisotopic (exact) mass is 290 g/mol. The molecule has 112 valence electrons. The van der Waals surface area contributed by atoms with Crippen LogP contribution in [0.4, 0.5) is 0 Å². The quantitative estimate of drug-likeness (QED) is 0.858. The first-order chi connectivity index (χ1) is 9.78. The second kappa shape index (κ2) is 5.51. The highest BCUT2D eigenvalue weighted by atomic mass is 16.6. The van der Waals surface area contributed by atoms with Crippen molar-refractivity contribution in [3.05, 3.63) is 30.4 Å². The van der Waals surface area contributed by atoms with Crippen LogP contribution in [0.25, 0.3) is 5.52 Å². The van der Waals surface area contributed by atoms with Crippen molar-refractivity contribution in [1.29, 1.82) is 0 Å². The summed E-state index contributed by atoms with van der Waals surface area (Å²) in [4.78, 5) is 28.0. The number of ether oxygens (including phenoxy) is 1. The van der Waals surface area contributed by atoms with E-state index in [2.05, 4.69) is 15.4 Å². The van der Waals surface area contributed by atoms with Crippen molar-refractivity contribution < 1.29 is 14.3 Å². The normalized spacial score (nSPS) is 13.0. The molecule has 0 aliphatic rings. The lowest BCUT2D eigenvalue weighted by molar-refractivity contribution is -0.156. The van der Waals surface area contributed by atoms with E-state index in [4.69, 9.17) is 4.74 Å². The topological polar surface area (TPSA) is 85.6 Å². The molecule has 0 aliphatic heterocycles. The van der Waals surface area contributed by atoms with Gasteiger partial charge >= 0.3 is 5.97 Å². The van der Waals surface area contributed by atoms with Gasteiger partial charge < -0.3 is 10.1 Å². The molecule has 2 heterocycles. The van der Waals surface area contributed by atoms with Crippen molar-refractivity contribution in [2.75, 3.05) is 0 Å². The molecule has 0 bridgehead atoms. The van der Waals surface area contributed by atoms with Crippen molar-refractivity contribution in [1.82, 2.24) is 19.9 Å². The molecule has 0 aromatic carbocycles. The van der Waals surface area contributed by atoms with E-state index >= 15 is 0 Å². The number of rotatable bonds is 3. The molecule has 1 atom stereocenters. The van der Waals surface area contributed by atoms with Gasteiger partial charge in [-0.3, -0.25) is 9.78 Å². The molecule has 0 fully saturated rings. The summed E-state index contributed by atoms with van der Waals surface area (Å²) in [7, 11) is 0. The Labute approximate surface area is 122 Å². The SMILES string of the molecule is C[C@@H](NC(=O)c1cnn2ccncc12)C(=O)OC(C)(C)C. The minimum Gasteiger partial charge on any atom is -0.458 e. The number of hydrogen-bond donors (Lipinski definition) is 1. The molecule has 0 spiro atoms. The summed E-state index contributed by atoms with van der Waals surface area (Å²) >= 11 is 0. The van der Waals surface area contributed by atoms with Gasteiger partial charge in [0.25, 0.3) is 5.91 Å². The Morgan fingerprint density at radius 3 is 2.71 bits per heavy atom. The Kier molecular flexibility index (Phi) is 3.93. The lowest BCUT2D eigenvalue weighted by Gasteiger charge is -2.22. The average Bonchev–Trinajstić information content (AvgIpc) is 2.80. The molecular formula is C14H18N4O3. The molecule has 0 unspecified atom stereocenters. The summed E-state index contributed by atoms with van der Waals surface area (Å²) in [5.41, 5.74) is 0.342. The van der Waals surface area contributed by atoms with Crippen LogP contribution >= 0.6 is 0 Å². The van der Waals surface area contributed by atoms with E-state index in [1.165, 1.54) is 6.20 Å². The van der Waals surface area contributed by atoms with Crippen LogP contribution in [0.5, 0.6) is 0 Å². The van der Waals surface area contributed by atoms with E-state index < -0.39 is 23.5 Å². The van der Waals surface area contributed by atoms with Crippen LogP contribution < -0.4 is 5.32 Å². The average molecular weight is 290 g/mol. The van der Waals surface area contributed by atoms with E-state index in [1.807, 2.05) is 0 Å². The molecule has 2 rings (SSSR count). The van der Waals surface area contributed by atoms with Crippen molar-refractivity contribution in [3.63, 3.8) is 0 Å². The number of aromatic nitrogens is 3. The standard InChI is InChI=1S/C14H18N4O3/c1-9(13(20)21-14(2,3)4)17-12(19)10-7-16-18-6-5-15-8-11(10)18/h5-9H,1-4H3,(H,17,19)/t9-/m1/s1. The van der Waals surface area contributed by atoms with Crippen LogP contribution in [-0.2, 0) is 9.53 Å². The summed E-state index contributed by atoms with van der Waals surface area (Å²) in [6, 6.07) is -0.747. The molecule has 2 aromatic heterocycles. The van der Waals surface area contributed by atoms with E-state index in [1.54, 1.807) is 50.8 Å². The third-order valence-corrected chi connectivity index (χ3v) is 2.68. The molecule has 2 aromatic rings. The van der Waals surface area contributed by atoms with Crippen molar-refractivity contribution in [2.24, 2.45) is 0 Å². The van der Waals surface area contributed by atoms with Gasteiger partial charge in [0.05, 0.1) is 23.5 Å².